The SMILES string of the molecule is Cc1ccc(Cl)cc1Oc1ncccc1[C@@H](C)O. The molecule has 0 saturated carbocycles. The van der Waals surface area contributed by atoms with Gasteiger partial charge in [0.2, 0.25) is 5.88 Å². The van der Waals surface area contributed by atoms with Crippen LogP contribution in [0.25, 0.3) is 0 Å². The second-order valence-electron chi connectivity index (χ2n) is 4.09. The number of aryl methyl sites for hydroxylation is 1. The first-order valence-corrected chi connectivity index (χ1v) is 6.02. The Morgan fingerprint density at radius 3 is 2.83 bits per heavy atom. The number of pyridine rings is 1. The molecule has 0 fully saturated rings. The van der Waals surface area contributed by atoms with Crippen LogP contribution < -0.4 is 4.74 Å². The van der Waals surface area contributed by atoms with Crippen molar-refractivity contribution >= 4 is 11.6 Å². The average Bonchev–Trinajstić information content (AvgIpc) is 2.34. The van der Waals surface area contributed by atoms with Gasteiger partial charge in [-0.05, 0) is 43.7 Å². The van der Waals surface area contributed by atoms with Gasteiger partial charge in [0.05, 0.1) is 6.10 Å². The molecular formula is C14H14ClNO2. The van der Waals surface area contributed by atoms with E-state index in [0.29, 0.717) is 22.2 Å². The first-order valence-electron chi connectivity index (χ1n) is 5.65. The Hall–Kier alpha value is -1.58. The molecule has 0 spiro atoms. The average molecular weight is 264 g/mol. The highest BCUT2D eigenvalue weighted by Crippen LogP contribution is 2.30. The van der Waals surface area contributed by atoms with Crippen LogP contribution in [-0.2, 0) is 0 Å². The number of ether oxygens (including phenoxy) is 1. The van der Waals surface area contributed by atoms with E-state index in [0.717, 1.165) is 5.56 Å². The zero-order valence-corrected chi connectivity index (χ0v) is 11.0. The number of aliphatic hydroxyl groups is 1. The van der Waals surface area contributed by atoms with Crippen molar-refractivity contribution < 1.29 is 9.84 Å². The van der Waals surface area contributed by atoms with Crippen molar-refractivity contribution in [3.63, 3.8) is 0 Å². The molecule has 18 heavy (non-hydrogen) atoms. The van der Waals surface area contributed by atoms with Crippen molar-refractivity contribution in [1.82, 2.24) is 4.98 Å². The number of hydrogen-bond donors (Lipinski definition) is 1. The molecule has 1 aromatic carbocycles. The Morgan fingerprint density at radius 1 is 1.33 bits per heavy atom. The summed E-state index contributed by atoms with van der Waals surface area (Å²) in [6.07, 6.45) is 0.995. The van der Waals surface area contributed by atoms with Gasteiger partial charge in [0.15, 0.2) is 0 Å². The van der Waals surface area contributed by atoms with Crippen molar-refractivity contribution in [1.29, 1.82) is 0 Å². The number of halogens is 1. The number of aliphatic hydroxyl groups excluding tert-OH is 1. The molecule has 0 unspecified atom stereocenters. The van der Waals surface area contributed by atoms with Crippen LogP contribution in [0.3, 0.4) is 0 Å². The van der Waals surface area contributed by atoms with Crippen molar-refractivity contribution in [2.45, 2.75) is 20.0 Å². The second-order valence-corrected chi connectivity index (χ2v) is 4.52. The molecule has 0 aliphatic heterocycles. The van der Waals surface area contributed by atoms with E-state index in [2.05, 4.69) is 4.98 Å². The fraction of sp³-hybridized carbons (Fsp3) is 0.214. The van der Waals surface area contributed by atoms with Gasteiger partial charge in [0.25, 0.3) is 0 Å². The van der Waals surface area contributed by atoms with E-state index in [1.165, 1.54) is 0 Å². The summed E-state index contributed by atoms with van der Waals surface area (Å²) >= 11 is 5.94. The van der Waals surface area contributed by atoms with Crippen LogP contribution in [-0.4, -0.2) is 10.1 Å². The molecule has 0 amide bonds. The minimum Gasteiger partial charge on any atom is -0.438 e. The predicted molar refractivity (Wildman–Crippen MR) is 71.1 cm³/mol. The molecule has 2 rings (SSSR count). The van der Waals surface area contributed by atoms with E-state index in [1.54, 1.807) is 37.4 Å². The molecule has 0 saturated heterocycles. The highest BCUT2D eigenvalue weighted by Gasteiger charge is 2.12. The third kappa shape index (κ3) is 2.81. The molecule has 0 aliphatic carbocycles. The van der Waals surface area contributed by atoms with Crippen LogP contribution in [0.2, 0.25) is 5.02 Å². The van der Waals surface area contributed by atoms with Crippen LogP contribution in [0.5, 0.6) is 11.6 Å². The summed E-state index contributed by atoms with van der Waals surface area (Å²) in [4.78, 5) is 4.14. The summed E-state index contributed by atoms with van der Waals surface area (Å²) in [5.41, 5.74) is 1.61. The van der Waals surface area contributed by atoms with Gasteiger partial charge < -0.3 is 9.84 Å². The summed E-state index contributed by atoms with van der Waals surface area (Å²) in [5, 5.41) is 10.3. The summed E-state index contributed by atoms with van der Waals surface area (Å²) in [6.45, 7) is 3.60. The topological polar surface area (TPSA) is 42.4 Å². The molecule has 3 nitrogen and oxygen atoms in total. The molecule has 0 radical (unpaired) electrons. The summed E-state index contributed by atoms with van der Waals surface area (Å²) in [5.74, 6) is 1.04. The van der Waals surface area contributed by atoms with Gasteiger partial charge in [0, 0.05) is 16.8 Å². The largest absolute Gasteiger partial charge is 0.438 e. The lowest BCUT2D eigenvalue weighted by atomic mass is 10.2. The first kappa shape index (κ1) is 12.9. The zero-order chi connectivity index (χ0) is 13.1. The number of rotatable bonds is 3. The Balaban J connectivity index is 2.37. The maximum atomic E-state index is 9.66. The third-order valence-electron chi connectivity index (χ3n) is 2.61. The molecule has 1 atom stereocenters. The lowest BCUT2D eigenvalue weighted by Gasteiger charge is -2.13. The molecule has 1 heterocycles. The van der Waals surface area contributed by atoms with E-state index in [1.807, 2.05) is 13.0 Å². The summed E-state index contributed by atoms with van der Waals surface area (Å²) < 4.78 is 5.73. The molecule has 1 N–H and O–H groups in total. The van der Waals surface area contributed by atoms with Gasteiger partial charge in [-0.25, -0.2) is 4.98 Å². The van der Waals surface area contributed by atoms with Gasteiger partial charge in [-0.15, -0.1) is 0 Å². The first-order chi connectivity index (χ1) is 8.58. The monoisotopic (exact) mass is 263 g/mol. The summed E-state index contributed by atoms with van der Waals surface area (Å²) in [7, 11) is 0. The molecule has 0 aliphatic rings. The normalized spacial score (nSPS) is 12.2. The van der Waals surface area contributed by atoms with Gasteiger partial charge in [0.1, 0.15) is 5.75 Å². The predicted octanol–water partition coefficient (Wildman–Crippen LogP) is 3.89. The van der Waals surface area contributed by atoms with Gasteiger partial charge in [-0.3, -0.25) is 0 Å². The van der Waals surface area contributed by atoms with E-state index < -0.39 is 6.10 Å². The van der Waals surface area contributed by atoms with Crippen molar-refractivity contribution in [2.75, 3.05) is 0 Å². The lowest BCUT2D eigenvalue weighted by molar-refractivity contribution is 0.194. The van der Waals surface area contributed by atoms with E-state index in [9.17, 15) is 5.11 Å². The molecule has 2 aromatic rings. The smallest absolute Gasteiger partial charge is 0.225 e. The maximum absolute atomic E-state index is 9.66. The lowest BCUT2D eigenvalue weighted by Crippen LogP contribution is -1.98. The third-order valence-corrected chi connectivity index (χ3v) is 2.84. The van der Waals surface area contributed by atoms with Crippen LogP contribution in [0.15, 0.2) is 36.5 Å². The number of hydrogen-bond acceptors (Lipinski definition) is 3. The van der Waals surface area contributed by atoms with E-state index in [-0.39, 0.29) is 0 Å². The van der Waals surface area contributed by atoms with E-state index in [4.69, 9.17) is 16.3 Å². The Morgan fingerprint density at radius 2 is 2.11 bits per heavy atom. The second kappa shape index (κ2) is 5.38. The quantitative estimate of drug-likeness (QED) is 0.914. The Labute approximate surface area is 111 Å². The minimum absolute atomic E-state index is 0.401. The Bertz CT molecular complexity index is 555. The fourth-order valence-electron chi connectivity index (χ4n) is 1.59. The molecule has 4 heteroatoms. The molecule has 1 aromatic heterocycles. The number of aromatic nitrogens is 1. The molecule has 0 bridgehead atoms. The molecular weight excluding hydrogens is 250 g/mol. The number of nitrogens with zero attached hydrogens (tertiary/aromatic N) is 1. The van der Waals surface area contributed by atoms with Crippen molar-refractivity contribution in [2.24, 2.45) is 0 Å². The molecule has 94 valence electrons. The van der Waals surface area contributed by atoms with Gasteiger partial charge >= 0.3 is 0 Å². The van der Waals surface area contributed by atoms with Crippen LogP contribution in [0, 0.1) is 6.92 Å². The highest BCUT2D eigenvalue weighted by molar-refractivity contribution is 6.30. The highest BCUT2D eigenvalue weighted by atomic mass is 35.5. The fourth-order valence-corrected chi connectivity index (χ4v) is 1.76. The number of benzene rings is 1. The van der Waals surface area contributed by atoms with Gasteiger partial charge in [-0.1, -0.05) is 17.7 Å². The standard InChI is InChI=1S/C14H14ClNO2/c1-9-5-6-11(15)8-13(9)18-14-12(10(2)17)4-3-7-16-14/h3-8,10,17H,1-2H3/t10-/m1/s1. The zero-order valence-electron chi connectivity index (χ0n) is 10.2. The van der Waals surface area contributed by atoms with Gasteiger partial charge in [-0.2, -0.15) is 0 Å². The maximum Gasteiger partial charge on any atom is 0.225 e. The van der Waals surface area contributed by atoms with Crippen LogP contribution in [0.1, 0.15) is 24.2 Å². The summed E-state index contributed by atoms with van der Waals surface area (Å²) in [6, 6.07) is 8.96. The Kier molecular flexibility index (Phi) is 3.84. The minimum atomic E-state index is -0.631. The van der Waals surface area contributed by atoms with E-state index >= 15 is 0 Å². The van der Waals surface area contributed by atoms with Crippen LogP contribution in [0.4, 0.5) is 0 Å². The van der Waals surface area contributed by atoms with Crippen molar-refractivity contribution in [3.05, 3.63) is 52.7 Å². The van der Waals surface area contributed by atoms with Crippen molar-refractivity contribution in [3.8, 4) is 11.6 Å². The van der Waals surface area contributed by atoms with Crippen LogP contribution >= 0.6 is 11.6 Å².